The van der Waals surface area contributed by atoms with Crippen molar-refractivity contribution in [3.05, 3.63) is 41.3 Å². The van der Waals surface area contributed by atoms with Gasteiger partial charge in [-0.15, -0.1) is 11.3 Å². The molecule has 0 saturated carbocycles. The number of benzene rings is 1. The molecular weight excluding hydrogens is 164 g/mol. The van der Waals surface area contributed by atoms with Gasteiger partial charge in [-0.1, -0.05) is 30.9 Å². The zero-order valence-corrected chi connectivity index (χ0v) is 7.82. The van der Waals surface area contributed by atoms with Gasteiger partial charge in [-0.3, -0.25) is 0 Å². The second-order valence-electron chi connectivity index (χ2n) is 2.79. The maximum absolute atomic E-state index is 3.80. The van der Waals surface area contributed by atoms with Crippen molar-refractivity contribution in [3.63, 3.8) is 0 Å². The van der Waals surface area contributed by atoms with E-state index in [0.717, 1.165) is 0 Å². The molecule has 1 aromatic heterocycles. The van der Waals surface area contributed by atoms with E-state index in [1.54, 1.807) is 11.3 Å². The summed E-state index contributed by atoms with van der Waals surface area (Å²) in [5.41, 5.74) is 1.35. The number of thiophene rings is 1. The van der Waals surface area contributed by atoms with Crippen molar-refractivity contribution < 1.29 is 0 Å². The van der Waals surface area contributed by atoms with Crippen LogP contribution in [0.25, 0.3) is 16.2 Å². The van der Waals surface area contributed by atoms with Gasteiger partial charge in [0.25, 0.3) is 0 Å². The summed E-state index contributed by atoms with van der Waals surface area (Å²) in [6, 6.07) is 8.47. The average molecular weight is 174 g/mol. The molecule has 1 heteroatoms. The minimum absolute atomic E-state index is 1.29. The third kappa shape index (κ3) is 0.978. The van der Waals surface area contributed by atoms with Crippen molar-refractivity contribution >= 4 is 27.5 Å². The molecule has 0 aliphatic rings. The highest BCUT2D eigenvalue weighted by Crippen LogP contribution is 2.30. The normalized spacial score (nSPS) is 10.4. The van der Waals surface area contributed by atoms with Gasteiger partial charge >= 0.3 is 0 Å². The van der Waals surface area contributed by atoms with Crippen LogP contribution >= 0.6 is 11.3 Å². The molecule has 0 radical (unpaired) electrons. The fraction of sp³-hybridized carbons (Fsp3) is 0.0909. The van der Waals surface area contributed by atoms with Gasteiger partial charge in [0.05, 0.1) is 0 Å². The van der Waals surface area contributed by atoms with Crippen LogP contribution in [-0.2, 0) is 0 Å². The van der Waals surface area contributed by atoms with Crippen LogP contribution in [0.5, 0.6) is 0 Å². The molecule has 0 fully saturated rings. The maximum Gasteiger partial charge on any atom is 0.0351 e. The Morgan fingerprint density at radius 1 is 1.33 bits per heavy atom. The quantitative estimate of drug-likeness (QED) is 0.616. The lowest BCUT2D eigenvalue weighted by Crippen LogP contribution is -1.68. The third-order valence-corrected chi connectivity index (χ3v) is 3.33. The van der Waals surface area contributed by atoms with E-state index in [1.807, 2.05) is 6.08 Å². The molecule has 60 valence electrons. The van der Waals surface area contributed by atoms with Crippen molar-refractivity contribution in [3.8, 4) is 0 Å². The number of aryl methyl sites for hydroxylation is 1. The van der Waals surface area contributed by atoms with Gasteiger partial charge in [-0.25, -0.2) is 0 Å². The van der Waals surface area contributed by atoms with Gasteiger partial charge in [0.2, 0.25) is 0 Å². The van der Waals surface area contributed by atoms with E-state index >= 15 is 0 Å². The van der Waals surface area contributed by atoms with Crippen molar-refractivity contribution in [2.75, 3.05) is 0 Å². The maximum atomic E-state index is 3.80. The molecule has 0 aliphatic heterocycles. The predicted octanol–water partition coefficient (Wildman–Crippen LogP) is 3.85. The van der Waals surface area contributed by atoms with Gasteiger partial charge in [0.1, 0.15) is 0 Å². The number of hydrogen-bond donors (Lipinski definition) is 0. The number of hydrogen-bond acceptors (Lipinski definition) is 1. The standard InChI is InChI=1S/C11H10S/c1-3-10-8(2)9-6-4-5-7-11(9)12-10/h3-7H,1H2,2H3. The molecule has 2 rings (SSSR count). The van der Waals surface area contributed by atoms with Crippen LogP contribution in [0.4, 0.5) is 0 Å². The van der Waals surface area contributed by atoms with Crippen LogP contribution in [0.15, 0.2) is 30.8 Å². The number of fused-ring (bicyclic) bond motifs is 1. The van der Waals surface area contributed by atoms with E-state index in [4.69, 9.17) is 0 Å². The highest BCUT2D eigenvalue weighted by molar-refractivity contribution is 7.20. The van der Waals surface area contributed by atoms with Crippen LogP contribution in [0.1, 0.15) is 10.4 Å². The minimum atomic E-state index is 1.29. The van der Waals surface area contributed by atoms with E-state index in [-0.39, 0.29) is 0 Å². The molecule has 1 aromatic carbocycles. The Hall–Kier alpha value is -1.08. The third-order valence-electron chi connectivity index (χ3n) is 2.07. The molecule has 0 amide bonds. The Kier molecular flexibility index (Phi) is 1.74. The smallest absolute Gasteiger partial charge is 0.0351 e. The summed E-state index contributed by atoms with van der Waals surface area (Å²) in [5, 5.41) is 1.36. The van der Waals surface area contributed by atoms with Crippen LogP contribution < -0.4 is 0 Å². The first-order valence-corrected chi connectivity index (χ1v) is 4.75. The molecule has 0 saturated heterocycles. The van der Waals surface area contributed by atoms with E-state index in [2.05, 4.69) is 37.8 Å². The fourth-order valence-electron chi connectivity index (χ4n) is 1.39. The predicted molar refractivity (Wildman–Crippen MR) is 56.7 cm³/mol. The van der Waals surface area contributed by atoms with Gasteiger partial charge in [-0.05, 0) is 23.9 Å². The molecule has 0 bridgehead atoms. The van der Waals surface area contributed by atoms with Crippen molar-refractivity contribution in [2.45, 2.75) is 6.92 Å². The topological polar surface area (TPSA) is 0 Å². The second kappa shape index (κ2) is 2.76. The van der Waals surface area contributed by atoms with Gasteiger partial charge < -0.3 is 0 Å². The molecule has 0 nitrogen and oxygen atoms in total. The first-order chi connectivity index (χ1) is 5.83. The monoisotopic (exact) mass is 174 g/mol. The first-order valence-electron chi connectivity index (χ1n) is 3.93. The van der Waals surface area contributed by atoms with E-state index in [9.17, 15) is 0 Å². The molecule has 0 atom stereocenters. The molecular formula is C11H10S. The molecule has 12 heavy (non-hydrogen) atoms. The number of rotatable bonds is 1. The Labute approximate surface area is 76.2 Å². The molecule has 2 aromatic rings. The summed E-state index contributed by atoms with van der Waals surface area (Å²) < 4.78 is 1.35. The van der Waals surface area contributed by atoms with Crippen molar-refractivity contribution in [1.82, 2.24) is 0 Å². The highest BCUT2D eigenvalue weighted by Gasteiger charge is 2.03. The zero-order chi connectivity index (χ0) is 8.55. The largest absolute Gasteiger partial charge is 0.136 e. The van der Waals surface area contributed by atoms with E-state index < -0.39 is 0 Å². The average Bonchev–Trinajstić information content (AvgIpc) is 2.44. The minimum Gasteiger partial charge on any atom is -0.136 e. The molecule has 0 aliphatic carbocycles. The van der Waals surface area contributed by atoms with Crippen LogP contribution in [-0.4, -0.2) is 0 Å². The van der Waals surface area contributed by atoms with Gasteiger partial charge in [0.15, 0.2) is 0 Å². The lowest BCUT2D eigenvalue weighted by atomic mass is 10.1. The highest BCUT2D eigenvalue weighted by atomic mass is 32.1. The molecule has 1 heterocycles. The first kappa shape index (κ1) is 7.56. The van der Waals surface area contributed by atoms with E-state index in [0.29, 0.717) is 0 Å². The van der Waals surface area contributed by atoms with Crippen LogP contribution in [0.2, 0.25) is 0 Å². The Morgan fingerprint density at radius 2 is 2.08 bits per heavy atom. The zero-order valence-electron chi connectivity index (χ0n) is 7.00. The van der Waals surface area contributed by atoms with Gasteiger partial charge in [-0.2, -0.15) is 0 Å². The Morgan fingerprint density at radius 3 is 2.75 bits per heavy atom. The second-order valence-corrected chi connectivity index (χ2v) is 3.88. The summed E-state index contributed by atoms with van der Waals surface area (Å²) in [7, 11) is 0. The SMILES string of the molecule is C=Cc1sc2ccccc2c1C. The molecule has 0 unspecified atom stereocenters. The van der Waals surface area contributed by atoms with Crippen LogP contribution in [0.3, 0.4) is 0 Å². The van der Waals surface area contributed by atoms with Crippen molar-refractivity contribution in [1.29, 1.82) is 0 Å². The molecule has 0 spiro atoms. The lowest BCUT2D eigenvalue weighted by Gasteiger charge is -1.89. The summed E-state index contributed by atoms with van der Waals surface area (Å²) in [5.74, 6) is 0. The summed E-state index contributed by atoms with van der Waals surface area (Å²) in [6.45, 7) is 5.95. The summed E-state index contributed by atoms with van der Waals surface area (Å²) in [4.78, 5) is 1.29. The summed E-state index contributed by atoms with van der Waals surface area (Å²) >= 11 is 1.81. The summed E-state index contributed by atoms with van der Waals surface area (Å²) in [6.07, 6.45) is 1.93. The molecule has 0 N–H and O–H groups in total. The Bertz CT molecular complexity index is 423. The van der Waals surface area contributed by atoms with Crippen molar-refractivity contribution in [2.24, 2.45) is 0 Å². The van der Waals surface area contributed by atoms with E-state index in [1.165, 1.54) is 20.5 Å². The Balaban J connectivity index is 2.87. The lowest BCUT2D eigenvalue weighted by molar-refractivity contribution is 1.58. The van der Waals surface area contributed by atoms with Crippen LogP contribution in [0, 0.1) is 6.92 Å². The fourth-order valence-corrected chi connectivity index (χ4v) is 2.45. The van der Waals surface area contributed by atoms with Gasteiger partial charge in [0, 0.05) is 9.58 Å².